The lowest BCUT2D eigenvalue weighted by atomic mass is 9.87. The second-order valence-corrected chi connectivity index (χ2v) is 6.08. The lowest BCUT2D eigenvalue weighted by molar-refractivity contribution is -0.137. The number of aliphatic carboxylic acids is 1. The molecule has 0 aliphatic carbocycles. The van der Waals surface area contributed by atoms with E-state index in [0.717, 1.165) is 5.56 Å². The highest BCUT2D eigenvalue weighted by Crippen LogP contribution is 2.25. The van der Waals surface area contributed by atoms with Crippen LogP contribution in [0.3, 0.4) is 0 Å². The summed E-state index contributed by atoms with van der Waals surface area (Å²) in [6.45, 7) is 6.49. The fraction of sp³-hybridized carbons (Fsp3) is 0.438. The van der Waals surface area contributed by atoms with Gasteiger partial charge in [0.1, 0.15) is 0 Å². The van der Waals surface area contributed by atoms with Crippen molar-refractivity contribution in [1.82, 2.24) is 10.2 Å². The average Bonchev–Trinajstić information content (AvgIpc) is 2.86. The number of hydrogen-bond donors (Lipinski definition) is 1. The van der Waals surface area contributed by atoms with Gasteiger partial charge in [-0.2, -0.15) is 0 Å². The van der Waals surface area contributed by atoms with Gasteiger partial charge in [0.15, 0.2) is 0 Å². The Balaban J connectivity index is 2.05. The monoisotopic (exact) mass is 288 g/mol. The van der Waals surface area contributed by atoms with Crippen LogP contribution in [-0.2, 0) is 16.6 Å². The summed E-state index contributed by atoms with van der Waals surface area (Å²) in [5.74, 6) is 0.138. The highest BCUT2D eigenvalue weighted by atomic mass is 16.4. The third-order valence-electron chi connectivity index (χ3n) is 3.25. The van der Waals surface area contributed by atoms with Gasteiger partial charge in [-0.15, -0.1) is 10.2 Å². The molecule has 112 valence electrons. The molecular weight excluding hydrogens is 268 g/mol. The van der Waals surface area contributed by atoms with Crippen LogP contribution in [0, 0.1) is 0 Å². The zero-order valence-electron chi connectivity index (χ0n) is 12.6. The molecule has 0 saturated carbocycles. The summed E-state index contributed by atoms with van der Waals surface area (Å²) in [5.41, 5.74) is 2.22. The Kier molecular flexibility index (Phi) is 4.40. The number of aryl methyl sites for hydroxylation is 1. The van der Waals surface area contributed by atoms with E-state index in [9.17, 15) is 4.79 Å². The van der Waals surface area contributed by atoms with Crippen LogP contribution in [0.1, 0.15) is 45.1 Å². The molecule has 1 heterocycles. The summed E-state index contributed by atoms with van der Waals surface area (Å²) in [6, 6.07) is 8.05. The average molecular weight is 288 g/mol. The van der Waals surface area contributed by atoms with Crippen LogP contribution in [0.2, 0.25) is 0 Å². The lowest BCUT2D eigenvalue weighted by Gasteiger charge is -2.18. The maximum absolute atomic E-state index is 10.5. The van der Waals surface area contributed by atoms with Crippen molar-refractivity contribution in [2.24, 2.45) is 0 Å². The first-order chi connectivity index (χ1) is 9.86. The summed E-state index contributed by atoms with van der Waals surface area (Å²) in [4.78, 5) is 10.5. The number of nitrogens with zero attached hydrogens (tertiary/aromatic N) is 2. The summed E-state index contributed by atoms with van der Waals surface area (Å²) in [6.07, 6.45) is 1.09. The van der Waals surface area contributed by atoms with Crippen LogP contribution in [-0.4, -0.2) is 21.3 Å². The maximum Gasteiger partial charge on any atom is 0.303 e. The number of rotatable bonds is 5. The summed E-state index contributed by atoms with van der Waals surface area (Å²) < 4.78 is 5.56. The molecule has 0 aliphatic rings. The molecule has 5 heteroatoms. The van der Waals surface area contributed by atoms with Crippen LogP contribution >= 0.6 is 0 Å². The van der Waals surface area contributed by atoms with Gasteiger partial charge >= 0.3 is 5.97 Å². The molecule has 0 fully saturated rings. The predicted octanol–water partition coefficient (Wildman–Crippen LogP) is 3.44. The van der Waals surface area contributed by atoms with Crippen molar-refractivity contribution in [2.75, 3.05) is 0 Å². The van der Waals surface area contributed by atoms with Gasteiger partial charge in [-0.3, -0.25) is 4.79 Å². The zero-order chi connectivity index (χ0) is 15.5. The quantitative estimate of drug-likeness (QED) is 0.912. The van der Waals surface area contributed by atoms with Crippen molar-refractivity contribution in [2.45, 2.75) is 45.4 Å². The van der Waals surface area contributed by atoms with Crippen LogP contribution in [0.15, 0.2) is 28.7 Å². The third-order valence-corrected chi connectivity index (χ3v) is 3.25. The molecule has 1 aromatic carbocycles. The number of carboxylic acids is 1. The maximum atomic E-state index is 10.5. The standard InChI is InChI=1S/C16H20N2O3/c1-16(2,3)12-9-7-11(8-10-12)15-18-17-13(21-15)5-4-6-14(19)20/h7-10H,4-6H2,1-3H3,(H,19,20). The van der Waals surface area contributed by atoms with Gasteiger partial charge in [0, 0.05) is 18.4 Å². The summed E-state index contributed by atoms with van der Waals surface area (Å²) in [5, 5.41) is 16.6. The topological polar surface area (TPSA) is 76.2 Å². The van der Waals surface area contributed by atoms with Crippen LogP contribution < -0.4 is 0 Å². The molecule has 21 heavy (non-hydrogen) atoms. The summed E-state index contributed by atoms with van der Waals surface area (Å²) >= 11 is 0. The van der Waals surface area contributed by atoms with Crippen LogP contribution in [0.25, 0.3) is 11.5 Å². The molecular formula is C16H20N2O3. The van der Waals surface area contributed by atoms with E-state index in [4.69, 9.17) is 9.52 Å². The fourth-order valence-electron chi connectivity index (χ4n) is 1.97. The number of aromatic nitrogens is 2. The van der Waals surface area contributed by atoms with Crippen molar-refractivity contribution in [3.8, 4) is 11.5 Å². The highest BCUT2D eigenvalue weighted by molar-refractivity contribution is 5.66. The Hall–Kier alpha value is -2.17. The minimum atomic E-state index is -0.812. The molecule has 1 aromatic heterocycles. The first-order valence-corrected chi connectivity index (χ1v) is 7.01. The van der Waals surface area contributed by atoms with Crippen LogP contribution in [0.4, 0.5) is 0 Å². The molecule has 0 saturated heterocycles. The molecule has 0 radical (unpaired) electrons. The highest BCUT2D eigenvalue weighted by Gasteiger charge is 2.14. The molecule has 5 nitrogen and oxygen atoms in total. The van der Waals surface area contributed by atoms with E-state index < -0.39 is 5.97 Å². The van der Waals surface area contributed by atoms with Crippen molar-refractivity contribution in [3.05, 3.63) is 35.7 Å². The first-order valence-electron chi connectivity index (χ1n) is 7.01. The molecule has 2 rings (SSSR count). The van der Waals surface area contributed by atoms with E-state index in [1.54, 1.807) is 0 Å². The molecule has 0 atom stereocenters. The van der Waals surface area contributed by atoms with E-state index in [2.05, 4.69) is 43.1 Å². The van der Waals surface area contributed by atoms with Crippen LogP contribution in [0.5, 0.6) is 0 Å². The molecule has 0 spiro atoms. The SMILES string of the molecule is CC(C)(C)c1ccc(-c2nnc(CCCC(=O)O)o2)cc1. The minimum absolute atomic E-state index is 0.107. The Morgan fingerprint density at radius 3 is 2.43 bits per heavy atom. The van der Waals surface area contributed by atoms with Gasteiger partial charge in [-0.05, 0) is 29.5 Å². The smallest absolute Gasteiger partial charge is 0.303 e. The molecule has 0 aliphatic heterocycles. The Morgan fingerprint density at radius 1 is 1.19 bits per heavy atom. The van der Waals surface area contributed by atoms with E-state index in [1.807, 2.05) is 12.1 Å². The number of carboxylic acid groups (broad SMARTS) is 1. The summed E-state index contributed by atoms with van der Waals surface area (Å²) in [7, 11) is 0. The normalized spacial score (nSPS) is 11.6. The van der Waals surface area contributed by atoms with Crippen molar-refractivity contribution in [3.63, 3.8) is 0 Å². The van der Waals surface area contributed by atoms with E-state index >= 15 is 0 Å². The Bertz CT molecular complexity index is 609. The molecule has 0 unspecified atom stereocenters. The van der Waals surface area contributed by atoms with Gasteiger partial charge in [0.05, 0.1) is 0 Å². The Morgan fingerprint density at radius 2 is 1.86 bits per heavy atom. The second-order valence-electron chi connectivity index (χ2n) is 6.08. The largest absolute Gasteiger partial charge is 0.481 e. The second kappa shape index (κ2) is 6.08. The zero-order valence-corrected chi connectivity index (χ0v) is 12.6. The molecule has 1 N–H and O–H groups in total. The van der Waals surface area contributed by atoms with Crippen molar-refractivity contribution >= 4 is 5.97 Å². The number of carbonyl (C=O) groups is 1. The van der Waals surface area contributed by atoms with E-state index in [1.165, 1.54) is 5.56 Å². The van der Waals surface area contributed by atoms with Gasteiger partial charge in [-0.25, -0.2) is 0 Å². The van der Waals surface area contributed by atoms with E-state index in [-0.39, 0.29) is 11.8 Å². The number of hydrogen-bond acceptors (Lipinski definition) is 4. The lowest BCUT2D eigenvalue weighted by Crippen LogP contribution is -2.10. The first kappa shape index (κ1) is 15.2. The van der Waals surface area contributed by atoms with Gasteiger partial charge in [0.2, 0.25) is 11.8 Å². The predicted molar refractivity (Wildman–Crippen MR) is 79.0 cm³/mol. The molecule has 0 bridgehead atoms. The minimum Gasteiger partial charge on any atom is -0.481 e. The van der Waals surface area contributed by atoms with Gasteiger partial charge in [-0.1, -0.05) is 32.9 Å². The fourth-order valence-corrected chi connectivity index (χ4v) is 1.97. The van der Waals surface area contributed by atoms with E-state index in [0.29, 0.717) is 24.6 Å². The number of benzene rings is 1. The molecule has 2 aromatic rings. The third kappa shape index (κ3) is 4.15. The van der Waals surface area contributed by atoms with Crippen molar-refractivity contribution < 1.29 is 14.3 Å². The van der Waals surface area contributed by atoms with Crippen molar-refractivity contribution in [1.29, 1.82) is 0 Å². The van der Waals surface area contributed by atoms with Gasteiger partial charge < -0.3 is 9.52 Å². The van der Waals surface area contributed by atoms with Gasteiger partial charge in [0.25, 0.3) is 0 Å². The Labute approximate surface area is 124 Å². The molecule has 0 amide bonds.